The average Bonchev–Trinajstić information content (AvgIpc) is 3.36. The van der Waals surface area contributed by atoms with E-state index in [-0.39, 0.29) is 12.2 Å². The smallest absolute Gasteiger partial charge is 0.156 e. The highest BCUT2D eigenvalue weighted by molar-refractivity contribution is 6.08. The Balaban J connectivity index is 1.64. The second kappa shape index (κ2) is 5.73. The number of anilines is 1. The van der Waals surface area contributed by atoms with Crippen molar-refractivity contribution in [2.75, 3.05) is 4.90 Å². The maximum Gasteiger partial charge on any atom is 0.156 e. The molecule has 3 aromatic rings. The summed E-state index contributed by atoms with van der Waals surface area (Å²) in [6.45, 7) is 0. The number of pyridine rings is 1. The molecule has 4 aliphatic rings. The van der Waals surface area contributed by atoms with Gasteiger partial charge in [-0.2, -0.15) is 0 Å². The monoisotopic (exact) mass is 388 g/mol. The zero-order valence-corrected chi connectivity index (χ0v) is 15.9. The largest absolute Gasteiger partial charge is 0.297 e. The van der Waals surface area contributed by atoms with Crippen molar-refractivity contribution in [1.82, 2.24) is 14.5 Å². The van der Waals surface area contributed by atoms with E-state index in [0.29, 0.717) is 0 Å². The van der Waals surface area contributed by atoms with Crippen LogP contribution in [0.3, 0.4) is 0 Å². The maximum absolute atomic E-state index is 5.04. The zero-order chi connectivity index (χ0) is 19.7. The quantitative estimate of drug-likeness (QED) is 0.579. The number of aromatic nitrogens is 3. The van der Waals surface area contributed by atoms with Crippen LogP contribution in [0, 0.1) is 0 Å². The minimum Gasteiger partial charge on any atom is -0.297 e. The molecule has 0 saturated heterocycles. The predicted molar refractivity (Wildman–Crippen MR) is 119 cm³/mol. The van der Waals surface area contributed by atoms with Crippen molar-refractivity contribution in [1.29, 1.82) is 0 Å². The molecule has 0 radical (unpaired) electrons. The number of allylic oxidation sites excluding steroid dienone is 3. The van der Waals surface area contributed by atoms with E-state index in [2.05, 4.69) is 45.9 Å². The van der Waals surface area contributed by atoms with Crippen LogP contribution >= 0.6 is 0 Å². The maximum atomic E-state index is 5.04. The summed E-state index contributed by atoms with van der Waals surface area (Å²) in [5.74, 6) is 2.63. The van der Waals surface area contributed by atoms with Gasteiger partial charge in [0.25, 0.3) is 0 Å². The summed E-state index contributed by atoms with van der Waals surface area (Å²) >= 11 is 0. The number of aliphatic imine (C=N–C) groups is 2. The van der Waals surface area contributed by atoms with Gasteiger partial charge in [0.05, 0.1) is 28.4 Å². The number of dihydropyridines is 1. The molecule has 2 aromatic heterocycles. The van der Waals surface area contributed by atoms with Gasteiger partial charge in [0.1, 0.15) is 17.5 Å². The fourth-order valence-electron chi connectivity index (χ4n) is 4.67. The Kier molecular flexibility index (Phi) is 3.02. The van der Waals surface area contributed by atoms with Crippen molar-refractivity contribution < 1.29 is 0 Å². The van der Waals surface area contributed by atoms with E-state index in [1.807, 2.05) is 48.8 Å². The summed E-state index contributed by atoms with van der Waals surface area (Å²) in [4.78, 5) is 21.9. The van der Waals surface area contributed by atoms with Crippen LogP contribution < -0.4 is 4.90 Å². The fraction of sp³-hybridized carbons (Fsp3) is 0.0833. The van der Waals surface area contributed by atoms with E-state index >= 15 is 0 Å². The van der Waals surface area contributed by atoms with Gasteiger partial charge in [-0.05, 0) is 42.5 Å². The fourth-order valence-corrected chi connectivity index (χ4v) is 4.67. The highest BCUT2D eigenvalue weighted by atomic mass is 15.3. The lowest BCUT2D eigenvalue weighted by Gasteiger charge is -2.32. The molecule has 1 aliphatic carbocycles. The molecule has 0 amide bonds. The third kappa shape index (κ3) is 1.97. The third-order valence-electron chi connectivity index (χ3n) is 5.94. The Bertz CT molecular complexity index is 1410. The number of fused-ring (bicyclic) bond motifs is 11. The van der Waals surface area contributed by atoms with E-state index < -0.39 is 0 Å². The molecule has 6 heteroatoms. The van der Waals surface area contributed by atoms with Crippen LogP contribution in [-0.4, -0.2) is 32.5 Å². The Morgan fingerprint density at radius 3 is 2.90 bits per heavy atom. The normalized spacial score (nSPS) is 22.8. The molecule has 30 heavy (non-hydrogen) atoms. The molecular formula is C24H16N6. The highest BCUT2D eigenvalue weighted by Crippen LogP contribution is 2.45. The van der Waals surface area contributed by atoms with E-state index in [1.54, 1.807) is 0 Å². The Labute approximate surface area is 172 Å². The first-order valence-corrected chi connectivity index (χ1v) is 9.99. The molecule has 5 heterocycles. The van der Waals surface area contributed by atoms with Crippen molar-refractivity contribution in [2.45, 2.75) is 12.2 Å². The van der Waals surface area contributed by atoms with Crippen molar-refractivity contribution in [3.8, 4) is 11.4 Å². The Morgan fingerprint density at radius 2 is 1.90 bits per heavy atom. The topological polar surface area (TPSA) is 58.7 Å². The van der Waals surface area contributed by atoms with E-state index in [1.165, 1.54) is 0 Å². The summed E-state index contributed by atoms with van der Waals surface area (Å²) in [6.07, 6.45) is 15.9. The standard InChI is InChI=1S/C24H16N6/c1-3-11-19-17(9-1)27-23-15-7-5-14-26-22(15)30-20-12-4-2-10-18(20)28-24(30)16-8-6-13-25-21(16)29(19)23/h1-14,19,22H. The van der Waals surface area contributed by atoms with Gasteiger partial charge in [0.2, 0.25) is 0 Å². The number of para-hydroxylation sites is 2. The van der Waals surface area contributed by atoms with Gasteiger partial charge in [0, 0.05) is 18.0 Å². The van der Waals surface area contributed by atoms with Crippen LogP contribution in [0.2, 0.25) is 0 Å². The van der Waals surface area contributed by atoms with Gasteiger partial charge in [-0.1, -0.05) is 30.4 Å². The van der Waals surface area contributed by atoms with Crippen LogP contribution in [0.4, 0.5) is 5.82 Å². The minimum atomic E-state index is -0.235. The molecule has 142 valence electrons. The van der Waals surface area contributed by atoms with Gasteiger partial charge < -0.3 is 0 Å². The summed E-state index contributed by atoms with van der Waals surface area (Å²) in [6, 6.07) is 12.3. The van der Waals surface area contributed by atoms with Gasteiger partial charge in [0.15, 0.2) is 6.17 Å². The van der Waals surface area contributed by atoms with Crippen LogP contribution in [0.1, 0.15) is 6.17 Å². The van der Waals surface area contributed by atoms with E-state index in [9.17, 15) is 0 Å². The number of nitrogens with zero attached hydrogens (tertiary/aromatic N) is 6. The minimum absolute atomic E-state index is 0.0158. The number of rotatable bonds is 0. The first-order valence-electron chi connectivity index (χ1n) is 9.99. The lowest BCUT2D eigenvalue weighted by Crippen LogP contribution is -2.36. The Morgan fingerprint density at radius 1 is 0.933 bits per heavy atom. The zero-order valence-electron chi connectivity index (χ0n) is 15.9. The van der Waals surface area contributed by atoms with Crippen LogP contribution in [0.15, 0.2) is 100 Å². The highest BCUT2D eigenvalue weighted by Gasteiger charge is 2.39. The number of imidazole rings is 1. The van der Waals surface area contributed by atoms with Crippen molar-refractivity contribution in [3.63, 3.8) is 0 Å². The van der Waals surface area contributed by atoms with Gasteiger partial charge in [-0.25, -0.2) is 15.0 Å². The van der Waals surface area contributed by atoms with E-state index in [4.69, 9.17) is 20.0 Å². The number of hydrogen-bond donors (Lipinski definition) is 0. The molecule has 0 saturated carbocycles. The lowest BCUT2D eigenvalue weighted by molar-refractivity contribution is 0.622. The van der Waals surface area contributed by atoms with Gasteiger partial charge in [-0.15, -0.1) is 0 Å². The molecule has 2 unspecified atom stereocenters. The summed E-state index contributed by atoms with van der Waals surface area (Å²) in [5.41, 5.74) is 5.04. The third-order valence-corrected chi connectivity index (χ3v) is 5.94. The summed E-state index contributed by atoms with van der Waals surface area (Å²) < 4.78 is 2.21. The van der Waals surface area contributed by atoms with Crippen molar-refractivity contribution in [3.05, 3.63) is 90.4 Å². The van der Waals surface area contributed by atoms with E-state index in [0.717, 1.165) is 45.3 Å². The first kappa shape index (κ1) is 15.8. The Hall–Kier alpha value is -4.06. The summed E-state index contributed by atoms with van der Waals surface area (Å²) in [5, 5.41) is 0. The molecule has 0 spiro atoms. The van der Waals surface area contributed by atoms with Crippen LogP contribution in [-0.2, 0) is 0 Å². The molecular weight excluding hydrogens is 372 g/mol. The SMILES string of the molecule is C1=CC2=NC3=C4C=CC=NC4n4c(nc5ccccc54)-c4cccnc4N3C2C=C1. The molecule has 0 fully saturated rings. The van der Waals surface area contributed by atoms with Crippen molar-refractivity contribution in [2.24, 2.45) is 9.98 Å². The summed E-state index contributed by atoms with van der Waals surface area (Å²) in [7, 11) is 0. The van der Waals surface area contributed by atoms with Crippen molar-refractivity contribution >= 4 is 28.8 Å². The molecule has 3 aliphatic heterocycles. The average molecular weight is 388 g/mol. The molecule has 0 N–H and O–H groups in total. The van der Waals surface area contributed by atoms with Gasteiger partial charge in [-0.3, -0.25) is 14.5 Å². The van der Waals surface area contributed by atoms with Gasteiger partial charge >= 0.3 is 0 Å². The number of benzene rings is 1. The molecule has 6 nitrogen and oxygen atoms in total. The molecule has 1 aromatic carbocycles. The molecule has 2 atom stereocenters. The van der Waals surface area contributed by atoms with Crippen LogP contribution in [0.5, 0.6) is 0 Å². The first-order chi connectivity index (χ1) is 14.9. The lowest BCUT2D eigenvalue weighted by atomic mass is 10.0. The number of hydrogen-bond acceptors (Lipinski definition) is 5. The predicted octanol–water partition coefficient (Wildman–Crippen LogP) is 4.22. The molecule has 0 bridgehead atoms. The molecule has 7 rings (SSSR count). The second-order valence-corrected chi connectivity index (χ2v) is 7.57. The second-order valence-electron chi connectivity index (χ2n) is 7.57. The van der Waals surface area contributed by atoms with Crippen LogP contribution in [0.25, 0.3) is 22.4 Å².